The van der Waals surface area contributed by atoms with E-state index in [2.05, 4.69) is 18.2 Å². The van der Waals surface area contributed by atoms with E-state index in [0.29, 0.717) is 13.2 Å². The van der Waals surface area contributed by atoms with Crippen LogP contribution in [0.2, 0.25) is 0 Å². The Morgan fingerprint density at radius 2 is 2.20 bits per heavy atom. The van der Waals surface area contributed by atoms with Gasteiger partial charge in [-0.2, -0.15) is 0 Å². The number of hydrogen-bond donors (Lipinski definition) is 0. The summed E-state index contributed by atoms with van der Waals surface area (Å²) >= 11 is 0. The van der Waals surface area contributed by atoms with Crippen molar-refractivity contribution in [2.75, 3.05) is 19.8 Å². The molecule has 0 bridgehead atoms. The molecule has 0 saturated carbocycles. The second-order valence-corrected chi connectivity index (χ2v) is 1.48. The predicted octanol–water partition coefficient (Wildman–Crippen LogP) is 0.566. The van der Waals surface area contributed by atoms with Crippen molar-refractivity contribution in [1.82, 2.24) is 0 Å². The van der Waals surface area contributed by atoms with Crippen LogP contribution in [-0.4, -0.2) is 25.8 Å². The third-order valence-electron chi connectivity index (χ3n) is 0.783. The zero-order valence-electron chi connectivity index (χ0n) is 5.84. The molecule has 0 amide bonds. The first kappa shape index (κ1) is 9.17. The molecule has 57 valence electrons. The molecule has 1 radical (unpaired) electrons. The van der Waals surface area contributed by atoms with Gasteiger partial charge in [0, 0.05) is 12.7 Å². The maximum atomic E-state index is 10.4. The van der Waals surface area contributed by atoms with Crippen LogP contribution in [0.15, 0.2) is 12.7 Å². The van der Waals surface area contributed by atoms with E-state index in [1.807, 2.05) is 0 Å². The van der Waals surface area contributed by atoms with E-state index < -0.39 is 5.97 Å². The highest BCUT2D eigenvalue weighted by Gasteiger charge is 1.92. The van der Waals surface area contributed by atoms with Crippen LogP contribution in [-0.2, 0) is 14.3 Å². The number of carbonyl (C=O) groups is 1. The van der Waals surface area contributed by atoms with Crippen molar-refractivity contribution in [2.24, 2.45) is 0 Å². The lowest BCUT2D eigenvalue weighted by molar-refractivity contribution is -0.139. The monoisotopic (exact) mass is 143 g/mol. The molecule has 0 rings (SSSR count). The van der Waals surface area contributed by atoms with Crippen molar-refractivity contribution >= 4 is 5.97 Å². The number of carbonyl (C=O) groups excluding carboxylic acids is 1. The molecular weight excluding hydrogens is 132 g/mol. The highest BCUT2D eigenvalue weighted by molar-refractivity contribution is 5.81. The largest absolute Gasteiger partial charge is 0.460 e. The second-order valence-electron chi connectivity index (χ2n) is 1.48. The summed E-state index contributed by atoms with van der Waals surface area (Å²) in [6.07, 6.45) is 1.12. The SMILES string of the molecule is [CH2]COCCOC(=O)C=C. The summed E-state index contributed by atoms with van der Waals surface area (Å²) in [5, 5.41) is 0. The van der Waals surface area contributed by atoms with E-state index >= 15 is 0 Å². The molecule has 0 atom stereocenters. The molecule has 3 heteroatoms. The first-order chi connectivity index (χ1) is 4.81. The van der Waals surface area contributed by atoms with Crippen LogP contribution >= 0.6 is 0 Å². The van der Waals surface area contributed by atoms with Gasteiger partial charge in [-0.15, -0.1) is 0 Å². The Bertz CT molecular complexity index is 109. The summed E-state index contributed by atoms with van der Waals surface area (Å²) < 4.78 is 9.39. The zero-order valence-corrected chi connectivity index (χ0v) is 5.84. The molecule has 0 aromatic heterocycles. The fourth-order valence-electron chi connectivity index (χ4n) is 0.362. The minimum atomic E-state index is -0.423. The third-order valence-corrected chi connectivity index (χ3v) is 0.783. The van der Waals surface area contributed by atoms with Gasteiger partial charge >= 0.3 is 5.97 Å². The van der Waals surface area contributed by atoms with Crippen LogP contribution in [0.3, 0.4) is 0 Å². The number of ether oxygens (including phenoxy) is 2. The number of rotatable bonds is 5. The van der Waals surface area contributed by atoms with Crippen LogP contribution in [0.1, 0.15) is 0 Å². The van der Waals surface area contributed by atoms with Crippen molar-refractivity contribution in [3.63, 3.8) is 0 Å². The van der Waals surface area contributed by atoms with Crippen LogP contribution in [0.5, 0.6) is 0 Å². The fraction of sp³-hybridized carbons (Fsp3) is 0.429. The van der Waals surface area contributed by atoms with E-state index in [-0.39, 0.29) is 6.61 Å². The van der Waals surface area contributed by atoms with E-state index in [4.69, 9.17) is 4.74 Å². The fourth-order valence-corrected chi connectivity index (χ4v) is 0.362. The molecule has 0 fully saturated rings. The Morgan fingerprint density at radius 3 is 2.70 bits per heavy atom. The van der Waals surface area contributed by atoms with Gasteiger partial charge in [0.25, 0.3) is 0 Å². The summed E-state index contributed by atoms with van der Waals surface area (Å²) in [5.41, 5.74) is 0. The van der Waals surface area contributed by atoms with Gasteiger partial charge in [-0.1, -0.05) is 6.58 Å². The molecule has 0 saturated heterocycles. The molecule has 0 N–H and O–H groups in total. The van der Waals surface area contributed by atoms with Gasteiger partial charge < -0.3 is 9.47 Å². The molecule has 0 aliphatic rings. The van der Waals surface area contributed by atoms with Crippen LogP contribution in [0, 0.1) is 6.92 Å². The first-order valence-electron chi connectivity index (χ1n) is 2.97. The topological polar surface area (TPSA) is 35.5 Å². The summed E-state index contributed by atoms with van der Waals surface area (Å²) in [7, 11) is 0. The summed E-state index contributed by atoms with van der Waals surface area (Å²) in [6.45, 7) is 7.72. The van der Waals surface area contributed by atoms with Gasteiger partial charge in [0.15, 0.2) is 0 Å². The standard InChI is InChI=1S/C7H11O3/c1-3-7(8)10-6-5-9-4-2/h3H,1-2,4-6H2. The Hall–Kier alpha value is -0.830. The van der Waals surface area contributed by atoms with Gasteiger partial charge in [0.2, 0.25) is 0 Å². The zero-order chi connectivity index (χ0) is 7.82. The van der Waals surface area contributed by atoms with Gasteiger partial charge in [-0.05, 0) is 6.92 Å². The first-order valence-corrected chi connectivity index (χ1v) is 2.97. The van der Waals surface area contributed by atoms with Gasteiger partial charge in [0.1, 0.15) is 6.61 Å². The lowest BCUT2D eigenvalue weighted by Crippen LogP contribution is -2.07. The smallest absolute Gasteiger partial charge is 0.330 e. The third kappa shape index (κ3) is 5.31. The maximum Gasteiger partial charge on any atom is 0.330 e. The normalized spacial score (nSPS) is 8.90. The molecule has 0 aliphatic carbocycles. The average molecular weight is 143 g/mol. The van der Waals surface area contributed by atoms with Gasteiger partial charge in [0.05, 0.1) is 6.61 Å². The van der Waals surface area contributed by atoms with E-state index in [9.17, 15) is 4.79 Å². The Kier molecular flexibility index (Phi) is 5.77. The Morgan fingerprint density at radius 1 is 1.50 bits per heavy atom. The molecule has 10 heavy (non-hydrogen) atoms. The molecule has 3 nitrogen and oxygen atoms in total. The van der Waals surface area contributed by atoms with Crippen LogP contribution < -0.4 is 0 Å². The lowest BCUT2D eigenvalue weighted by Gasteiger charge is -2.00. The highest BCUT2D eigenvalue weighted by Crippen LogP contribution is 1.79. The second kappa shape index (κ2) is 6.29. The molecule has 0 spiro atoms. The summed E-state index contributed by atoms with van der Waals surface area (Å²) in [4.78, 5) is 10.4. The van der Waals surface area contributed by atoms with Crippen LogP contribution in [0.25, 0.3) is 0 Å². The maximum absolute atomic E-state index is 10.4. The quantitative estimate of drug-likeness (QED) is 0.320. The minimum absolute atomic E-state index is 0.264. The Labute approximate surface area is 60.6 Å². The summed E-state index contributed by atoms with van der Waals surface area (Å²) in [5.74, 6) is -0.423. The van der Waals surface area contributed by atoms with E-state index in [1.54, 1.807) is 0 Å². The van der Waals surface area contributed by atoms with E-state index in [0.717, 1.165) is 6.08 Å². The van der Waals surface area contributed by atoms with Crippen molar-refractivity contribution in [1.29, 1.82) is 0 Å². The molecule has 0 aliphatic heterocycles. The van der Waals surface area contributed by atoms with Gasteiger partial charge in [-0.3, -0.25) is 0 Å². The van der Waals surface area contributed by atoms with E-state index in [1.165, 1.54) is 0 Å². The Balaban J connectivity index is 3.03. The average Bonchev–Trinajstić information content (AvgIpc) is 1.98. The number of esters is 1. The number of hydrogen-bond acceptors (Lipinski definition) is 3. The molecular formula is C7H11O3. The van der Waals surface area contributed by atoms with Gasteiger partial charge in [-0.25, -0.2) is 4.79 Å². The van der Waals surface area contributed by atoms with Crippen molar-refractivity contribution < 1.29 is 14.3 Å². The van der Waals surface area contributed by atoms with Crippen molar-refractivity contribution in [2.45, 2.75) is 0 Å². The lowest BCUT2D eigenvalue weighted by atomic mass is 10.6. The molecule has 0 aromatic carbocycles. The molecule has 0 heterocycles. The molecule has 0 unspecified atom stereocenters. The predicted molar refractivity (Wildman–Crippen MR) is 37.3 cm³/mol. The summed E-state index contributed by atoms with van der Waals surface area (Å²) in [6, 6.07) is 0. The highest BCUT2D eigenvalue weighted by atomic mass is 16.6. The van der Waals surface area contributed by atoms with Crippen molar-refractivity contribution in [3.05, 3.63) is 19.6 Å². The molecule has 0 aromatic rings. The van der Waals surface area contributed by atoms with Crippen LogP contribution in [0.4, 0.5) is 0 Å². The van der Waals surface area contributed by atoms with Crippen molar-refractivity contribution in [3.8, 4) is 0 Å². The minimum Gasteiger partial charge on any atom is -0.460 e.